The predicted molar refractivity (Wildman–Crippen MR) is 47.4 cm³/mol. The molecule has 0 fully saturated rings. The van der Waals surface area contributed by atoms with Crippen molar-refractivity contribution in [2.75, 3.05) is 6.61 Å². The van der Waals surface area contributed by atoms with Crippen LogP contribution in [0.3, 0.4) is 0 Å². The fraction of sp³-hybridized carbons (Fsp3) is 0.571. The third kappa shape index (κ3) is 3.42. The van der Waals surface area contributed by atoms with Crippen LogP contribution in [0.1, 0.15) is 13.8 Å². The van der Waals surface area contributed by atoms with Gasteiger partial charge in [0, 0.05) is 0 Å². The second kappa shape index (κ2) is 5.53. The first-order valence-electron chi connectivity index (χ1n) is 3.62. The van der Waals surface area contributed by atoms with Crippen molar-refractivity contribution in [3.8, 4) is 0 Å². The summed E-state index contributed by atoms with van der Waals surface area (Å²) in [7, 11) is 0. The highest BCUT2D eigenvalue weighted by Gasteiger charge is 2.20. The summed E-state index contributed by atoms with van der Waals surface area (Å²) in [5.74, 6) is -1.54. The Labute approximate surface area is 80.3 Å². The lowest BCUT2D eigenvalue weighted by atomic mass is 10.3. The standard InChI is InChI=1S/C7H10ClNO4/c1-3-13-7(11)5(9-12)6(10)4(2)8/h4,10H,3H2,1-2H3. The molecule has 13 heavy (non-hydrogen) atoms. The molecule has 0 saturated heterocycles. The Morgan fingerprint density at radius 1 is 1.69 bits per heavy atom. The monoisotopic (exact) mass is 207 g/mol. The summed E-state index contributed by atoms with van der Waals surface area (Å²) in [6.07, 6.45) is 0. The first kappa shape index (κ1) is 11.9. The molecule has 1 N–H and O–H groups in total. The Kier molecular flexibility index (Phi) is 5.06. The van der Waals surface area contributed by atoms with E-state index < -0.39 is 22.8 Å². The van der Waals surface area contributed by atoms with Gasteiger partial charge in [-0.3, -0.25) is 0 Å². The molecule has 0 aliphatic carbocycles. The van der Waals surface area contributed by atoms with Gasteiger partial charge in [-0.2, -0.15) is 0 Å². The number of hydrogen-bond donors (Lipinski definition) is 1. The molecule has 0 aliphatic rings. The van der Waals surface area contributed by atoms with Crippen LogP contribution in [0.4, 0.5) is 0 Å². The molecular weight excluding hydrogens is 198 g/mol. The molecule has 5 nitrogen and oxygen atoms in total. The lowest BCUT2D eigenvalue weighted by molar-refractivity contribution is -0.138. The van der Waals surface area contributed by atoms with E-state index in [2.05, 4.69) is 9.91 Å². The smallest absolute Gasteiger partial charge is 0.364 e. The Morgan fingerprint density at radius 2 is 2.23 bits per heavy atom. The van der Waals surface area contributed by atoms with Gasteiger partial charge in [-0.1, -0.05) is 0 Å². The van der Waals surface area contributed by atoms with Gasteiger partial charge < -0.3 is 9.84 Å². The van der Waals surface area contributed by atoms with E-state index in [-0.39, 0.29) is 6.61 Å². The van der Waals surface area contributed by atoms with Crippen LogP contribution in [0, 0.1) is 4.91 Å². The fourth-order valence-corrected chi connectivity index (χ4v) is 0.680. The van der Waals surface area contributed by atoms with Crippen molar-refractivity contribution < 1.29 is 14.6 Å². The third-order valence-corrected chi connectivity index (χ3v) is 1.39. The second-order valence-electron chi connectivity index (χ2n) is 2.16. The van der Waals surface area contributed by atoms with Gasteiger partial charge in [0.15, 0.2) is 0 Å². The molecule has 0 bridgehead atoms. The molecular formula is C7H10ClNO4. The molecule has 74 valence electrons. The summed E-state index contributed by atoms with van der Waals surface area (Å²) in [4.78, 5) is 21.1. The van der Waals surface area contributed by atoms with Gasteiger partial charge in [0.2, 0.25) is 5.70 Å². The highest BCUT2D eigenvalue weighted by atomic mass is 35.5. The van der Waals surface area contributed by atoms with E-state index in [1.54, 1.807) is 6.92 Å². The average Bonchev–Trinajstić information content (AvgIpc) is 2.05. The highest BCUT2D eigenvalue weighted by molar-refractivity contribution is 6.22. The minimum Gasteiger partial charge on any atom is -0.508 e. The van der Waals surface area contributed by atoms with Gasteiger partial charge in [-0.15, -0.1) is 16.5 Å². The van der Waals surface area contributed by atoms with Crippen LogP contribution in [0.25, 0.3) is 0 Å². The number of halogens is 1. The Hall–Kier alpha value is -1.10. The number of rotatable bonds is 4. The molecule has 1 atom stereocenters. The number of nitrogens with zero attached hydrogens (tertiary/aromatic N) is 1. The molecule has 1 unspecified atom stereocenters. The first-order valence-corrected chi connectivity index (χ1v) is 4.05. The van der Waals surface area contributed by atoms with Crippen LogP contribution in [-0.2, 0) is 9.53 Å². The molecule has 0 heterocycles. The number of aliphatic hydroxyl groups is 1. The van der Waals surface area contributed by atoms with Crippen LogP contribution in [0.15, 0.2) is 16.6 Å². The molecule has 0 saturated carbocycles. The van der Waals surface area contributed by atoms with Crippen LogP contribution in [0.5, 0.6) is 0 Å². The van der Waals surface area contributed by atoms with Gasteiger partial charge in [-0.25, -0.2) is 4.79 Å². The van der Waals surface area contributed by atoms with Crippen molar-refractivity contribution in [2.45, 2.75) is 19.2 Å². The summed E-state index contributed by atoms with van der Waals surface area (Å²) in [6, 6.07) is 0. The lowest BCUT2D eigenvalue weighted by Crippen LogP contribution is -2.11. The van der Waals surface area contributed by atoms with Gasteiger partial charge >= 0.3 is 5.97 Å². The van der Waals surface area contributed by atoms with Crippen LogP contribution < -0.4 is 0 Å². The molecule has 0 rings (SSSR count). The third-order valence-electron chi connectivity index (χ3n) is 1.18. The number of hydrogen-bond acceptors (Lipinski definition) is 5. The zero-order chi connectivity index (χ0) is 10.4. The summed E-state index contributed by atoms with van der Waals surface area (Å²) in [6.45, 7) is 3.07. The highest BCUT2D eigenvalue weighted by Crippen LogP contribution is 2.13. The number of carbonyl (C=O) groups is 1. The van der Waals surface area contributed by atoms with Crippen molar-refractivity contribution in [2.24, 2.45) is 5.18 Å². The van der Waals surface area contributed by atoms with Gasteiger partial charge in [0.25, 0.3) is 0 Å². The molecule has 0 aromatic carbocycles. The van der Waals surface area contributed by atoms with Gasteiger partial charge in [-0.05, 0) is 19.0 Å². The van der Waals surface area contributed by atoms with Crippen molar-refractivity contribution in [3.05, 3.63) is 16.4 Å². The molecule has 0 amide bonds. The SMILES string of the molecule is CCOC(=O)C(N=O)=C(O)C(C)Cl. The van der Waals surface area contributed by atoms with E-state index in [4.69, 9.17) is 16.7 Å². The van der Waals surface area contributed by atoms with Crippen molar-refractivity contribution in [1.82, 2.24) is 0 Å². The number of esters is 1. The number of nitroso groups, excluding NO2 is 1. The largest absolute Gasteiger partial charge is 0.508 e. The zero-order valence-corrected chi connectivity index (χ0v) is 8.04. The van der Waals surface area contributed by atoms with E-state index in [0.29, 0.717) is 0 Å². The minimum absolute atomic E-state index is 0.0990. The molecule has 0 radical (unpaired) electrons. The van der Waals surface area contributed by atoms with E-state index in [0.717, 1.165) is 0 Å². The number of aliphatic hydroxyl groups excluding tert-OH is 1. The number of carbonyl (C=O) groups excluding carboxylic acids is 1. The molecule has 0 aromatic heterocycles. The minimum atomic E-state index is -0.970. The van der Waals surface area contributed by atoms with Gasteiger partial charge in [0.05, 0.1) is 12.0 Å². The van der Waals surface area contributed by atoms with E-state index in [1.807, 2.05) is 0 Å². The van der Waals surface area contributed by atoms with Crippen LogP contribution in [-0.4, -0.2) is 23.1 Å². The fourth-order valence-electron chi connectivity index (χ4n) is 0.576. The Bertz CT molecular complexity index is 237. The van der Waals surface area contributed by atoms with E-state index in [9.17, 15) is 9.70 Å². The van der Waals surface area contributed by atoms with Crippen molar-refractivity contribution >= 4 is 17.6 Å². The van der Waals surface area contributed by atoms with Crippen LogP contribution in [0.2, 0.25) is 0 Å². The number of alkyl halides is 1. The van der Waals surface area contributed by atoms with Crippen molar-refractivity contribution in [3.63, 3.8) is 0 Å². The maximum absolute atomic E-state index is 10.9. The quantitative estimate of drug-likeness (QED) is 0.250. The maximum atomic E-state index is 10.9. The van der Waals surface area contributed by atoms with Crippen molar-refractivity contribution in [1.29, 1.82) is 0 Å². The summed E-state index contributed by atoms with van der Waals surface area (Å²) in [5, 5.41) is 10.6. The summed E-state index contributed by atoms with van der Waals surface area (Å²) >= 11 is 5.43. The first-order chi connectivity index (χ1) is 6.04. The molecule has 0 aliphatic heterocycles. The maximum Gasteiger partial charge on any atom is 0.364 e. The summed E-state index contributed by atoms with van der Waals surface area (Å²) in [5.41, 5.74) is -0.677. The second-order valence-corrected chi connectivity index (χ2v) is 2.82. The zero-order valence-electron chi connectivity index (χ0n) is 7.28. The molecule has 0 aromatic rings. The van der Waals surface area contributed by atoms with Crippen LogP contribution >= 0.6 is 11.6 Å². The molecule has 6 heteroatoms. The Balaban J connectivity index is 4.77. The topological polar surface area (TPSA) is 76.0 Å². The average molecular weight is 208 g/mol. The number of allylic oxidation sites excluding steroid dienone is 1. The predicted octanol–water partition coefficient (Wildman–Crippen LogP) is 1.71. The Morgan fingerprint density at radius 3 is 2.54 bits per heavy atom. The van der Waals surface area contributed by atoms with Gasteiger partial charge in [0.1, 0.15) is 5.76 Å². The number of ether oxygens (including phenoxy) is 1. The van der Waals surface area contributed by atoms with E-state index in [1.165, 1.54) is 6.92 Å². The molecule has 0 spiro atoms. The normalized spacial score (nSPS) is 14.4. The summed E-state index contributed by atoms with van der Waals surface area (Å²) < 4.78 is 4.46. The lowest BCUT2D eigenvalue weighted by Gasteiger charge is -2.04. The van der Waals surface area contributed by atoms with E-state index >= 15 is 0 Å².